The van der Waals surface area contributed by atoms with Gasteiger partial charge in [-0.25, -0.2) is 0 Å². The first kappa shape index (κ1) is 16.4. The van der Waals surface area contributed by atoms with Crippen molar-refractivity contribution in [3.8, 4) is 24.2 Å². The fourth-order valence-electron chi connectivity index (χ4n) is 1.85. The van der Waals surface area contributed by atoms with Crippen LogP contribution in [0.3, 0.4) is 0 Å². The van der Waals surface area contributed by atoms with E-state index in [1.165, 1.54) is 0 Å². The second-order valence-electron chi connectivity index (χ2n) is 4.35. The van der Waals surface area contributed by atoms with Crippen LogP contribution in [-0.2, 0) is 0 Å². The lowest BCUT2D eigenvalue weighted by Crippen LogP contribution is -1.96. The van der Waals surface area contributed by atoms with Gasteiger partial charge in [0.25, 0.3) is 0 Å². The summed E-state index contributed by atoms with van der Waals surface area (Å²) in [6.07, 6.45) is 7.02. The summed E-state index contributed by atoms with van der Waals surface area (Å²) in [6.45, 7) is 0.183. The summed E-state index contributed by atoms with van der Waals surface area (Å²) in [5.41, 5.74) is 2.19. The van der Waals surface area contributed by atoms with Crippen molar-refractivity contribution in [3.63, 3.8) is 0 Å². The maximum Gasteiger partial charge on any atom is 0.148 e. The van der Waals surface area contributed by atoms with Crippen LogP contribution in [0.2, 0.25) is 0 Å². The number of hydrogen-bond acceptors (Lipinski definition) is 2. The van der Waals surface area contributed by atoms with Gasteiger partial charge in [-0.05, 0) is 42.0 Å². The van der Waals surface area contributed by atoms with E-state index in [-0.39, 0.29) is 6.61 Å². The van der Waals surface area contributed by atoms with E-state index in [2.05, 4.69) is 43.8 Å². The second kappa shape index (κ2) is 7.84. The molecular weight excluding hydrogens is 406 g/mol. The minimum absolute atomic E-state index is 0.183. The number of allylic oxidation sites excluding steroid dienone is 1. The zero-order valence-electron chi connectivity index (χ0n) is 11.5. The Bertz CT molecular complexity index is 780. The monoisotopic (exact) mass is 415 g/mol. The van der Waals surface area contributed by atoms with Crippen LogP contribution in [0.15, 0.2) is 51.4 Å². The molecule has 0 N–H and O–H groups in total. The van der Waals surface area contributed by atoms with Gasteiger partial charge in [-0.2, -0.15) is 5.26 Å². The summed E-state index contributed by atoms with van der Waals surface area (Å²) < 4.78 is 7.39. The molecule has 0 saturated heterocycles. The van der Waals surface area contributed by atoms with Gasteiger partial charge in [0.1, 0.15) is 12.4 Å². The molecule has 2 nitrogen and oxygen atoms in total. The summed E-state index contributed by atoms with van der Waals surface area (Å²) in [7, 11) is 0. The van der Waals surface area contributed by atoms with E-state index >= 15 is 0 Å². The predicted molar refractivity (Wildman–Crippen MR) is 96.1 cm³/mol. The summed E-state index contributed by atoms with van der Waals surface area (Å²) in [5.74, 6) is 3.08. The largest absolute Gasteiger partial charge is 0.480 e. The molecule has 0 radical (unpaired) electrons. The third-order valence-corrected chi connectivity index (χ3v) is 3.88. The van der Waals surface area contributed by atoms with Gasteiger partial charge in [-0.15, -0.1) is 6.42 Å². The maximum absolute atomic E-state index is 9.43. The van der Waals surface area contributed by atoms with Crippen molar-refractivity contribution in [1.29, 1.82) is 5.26 Å². The highest BCUT2D eigenvalue weighted by atomic mass is 79.9. The van der Waals surface area contributed by atoms with Gasteiger partial charge in [0, 0.05) is 14.5 Å². The molecular formula is C18H11Br2NO. The number of terminal acetylenes is 1. The molecule has 108 valence electrons. The molecule has 0 aliphatic heterocycles. The Morgan fingerprint density at radius 3 is 2.45 bits per heavy atom. The molecule has 2 rings (SSSR count). The fourth-order valence-corrected chi connectivity index (χ4v) is 2.49. The van der Waals surface area contributed by atoms with Crippen LogP contribution in [0.4, 0.5) is 0 Å². The lowest BCUT2D eigenvalue weighted by molar-refractivity contribution is 0.369. The highest BCUT2D eigenvalue weighted by molar-refractivity contribution is 9.10. The van der Waals surface area contributed by atoms with E-state index in [4.69, 9.17) is 11.2 Å². The van der Waals surface area contributed by atoms with Gasteiger partial charge in [0.05, 0.1) is 11.6 Å². The Labute approximate surface area is 146 Å². The van der Waals surface area contributed by atoms with Crippen LogP contribution >= 0.6 is 31.9 Å². The van der Waals surface area contributed by atoms with Crippen molar-refractivity contribution in [1.82, 2.24) is 0 Å². The predicted octanol–water partition coefficient (Wildman–Crippen LogP) is 5.29. The van der Waals surface area contributed by atoms with E-state index in [0.717, 1.165) is 20.1 Å². The Morgan fingerprint density at radius 1 is 1.14 bits per heavy atom. The Balaban J connectivity index is 2.45. The third kappa shape index (κ3) is 4.24. The van der Waals surface area contributed by atoms with Gasteiger partial charge in [0.15, 0.2) is 0 Å². The maximum atomic E-state index is 9.43. The SMILES string of the molecule is C#CCOc1ccc(Br)cc1/C=C(/C#N)c1ccc(Br)cc1. The molecule has 0 fully saturated rings. The van der Waals surface area contributed by atoms with Crippen molar-refractivity contribution in [2.45, 2.75) is 0 Å². The first-order valence-corrected chi connectivity index (χ1v) is 7.96. The van der Waals surface area contributed by atoms with Crippen LogP contribution in [-0.4, -0.2) is 6.61 Å². The van der Waals surface area contributed by atoms with Crippen molar-refractivity contribution in [3.05, 3.63) is 62.5 Å². The molecule has 0 spiro atoms. The van der Waals surface area contributed by atoms with E-state index in [1.807, 2.05) is 42.5 Å². The number of halogens is 2. The van der Waals surface area contributed by atoms with E-state index in [9.17, 15) is 5.26 Å². The molecule has 0 atom stereocenters. The Hall–Kier alpha value is -2.01. The lowest BCUT2D eigenvalue weighted by atomic mass is 10.0. The summed E-state index contributed by atoms with van der Waals surface area (Å²) in [6, 6.07) is 15.4. The molecule has 2 aromatic carbocycles. The highest BCUT2D eigenvalue weighted by Gasteiger charge is 2.06. The number of hydrogen-bond donors (Lipinski definition) is 0. The topological polar surface area (TPSA) is 33.0 Å². The Morgan fingerprint density at radius 2 is 1.82 bits per heavy atom. The van der Waals surface area contributed by atoms with E-state index in [0.29, 0.717) is 11.3 Å². The zero-order chi connectivity index (χ0) is 15.9. The van der Waals surface area contributed by atoms with E-state index < -0.39 is 0 Å². The number of ether oxygens (including phenoxy) is 1. The molecule has 22 heavy (non-hydrogen) atoms. The zero-order valence-corrected chi connectivity index (χ0v) is 14.7. The summed E-state index contributed by atoms with van der Waals surface area (Å²) in [4.78, 5) is 0. The van der Waals surface area contributed by atoms with Crippen molar-refractivity contribution < 1.29 is 4.74 Å². The van der Waals surface area contributed by atoms with Gasteiger partial charge in [-0.3, -0.25) is 0 Å². The van der Waals surface area contributed by atoms with Crippen LogP contribution in [0, 0.1) is 23.7 Å². The average molecular weight is 417 g/mol. The highest BCUT2D eigenvalue weighted by Crippen LogP contribution is 2.28. The fraction of sp³-hybridized carbons (Fsp3) is 0.0556. The lowest BCUT2D eigenvalue weighted by Gasteiger charge is -2.08. The normalized spacial score (nSPS) is 10.6. The number of nitriles is 1. The van der Waals surface area contributed by atoms with Gasteiger partial charge >= 0.3 is 0 Å². The van der Waals surface area contributed by atoms with Crippen molar-refractivity contribution in [2.24, 2.45) is 0 Å². The number of benzene rings is 2. The molecule has 0 bridgehead atoms. The minimum atomic E-state index is 0.183. The van der Waals surface area contributed by atoms with E-state index in [1.54, 1.807) is 6.08 Å². The molecule has 0 saturated carbocycles. The number of rotatable bonds is 4. The summed E-state index contributed by atoms with van der Waals surface area (Å²) in [5, 5.41) is 9.43. The molecule has 0 unspecified atom stereocenters. The van der Waals surface area contributed by atoms with Gasteiger partial charge < -0.3 is 4.74 Å². The Kier molecular flexibility index (Phi) is 5.83. The van der Waals surface area contributed by atoms with Crippen LogP contribution in [0.1, 0.15) is 11.1 Å². The van der Waals surface area contributed by atoms with Gasteiger partial charge in [0.2, 0.25) is 0 Å². The summed E-state index contributed by atoms with van der Waals surface area (Å²) >= 11 is 6.81. The second-order valence-corrected chi connectivity index (χ2v) is 6.18. The average Bonchev–Trinajstić information content (AvgIpc) is 2.53. The quantitative estimate of drug-likeness (QED) is 0.385. The third-order valence-electron chi connectivity index (χ3n) is 2.86. The first-order chi connectivity index (χ1) is 10.6. The smallest absolute Gasteiger partial charge is 0.148 e. The molecule has 0 aliphatic rings. The molecule has 0 aliphatic carbocycles. The standard InChI is InChI=1S/C18H11Br2NO/c1-2-9-22-18-8-7-17(20)11-14(18)10-15(12-21)13-3-5-16(19)6-4-13/h1,3-8,10-11H,9H2/b15-10-. The molecule has 0 aromatic heterocycles. The van der Waals surface area contributed by atoms with Gasteiger partial charge in [-0.1, -0.05) is 49.9 Å². The molecule has 4 heteroatoms. The van der Waals surface area contributed by atoms with Crippen LogP contribution in [0.5, 0.6) is 5.75 Å². The van der Waals surface area contributed by atoms with Crippen LogP contribution in [0.25, 0.3) is 11.6 Å². The van der Waals surface area contributed by atoms with Crippen molar-refractivity contribution in [2.75, 3.05) is 6.61 Å². The van der Waals surface area contributed by atoms with Crippen molar-refractivity contribution >= 4 is 43.5 Å². The first-order valence-electron chi connectivity index (χ1n) is 6.37. The molecule has 0 heterocycles. The molecule has 2 aromatic rings. The van der Waals surface area contributed by atoms with Crippen LogP contribution < -0.4 is 4.74 Å². The molecule has 0 amide bonds. The number of nitrogens with zero attached hydrogens (tertiary/aromatic N) is 1. The minimum Gasteiger partial charge on any atom is -0.480 e.